The average molecular weight is 241 g/mol. The van der Waals surface area contributed by atoms with Crippen LogP contribution in [0, 0.1) is 5.92 Å². The van der Waals surface area contributed by atoms with E-state index in [0.717, 1.165) is 19.3 Å². The fraction of sp³-hybridized carbons (Fsp3) is 0.500. The Bertz CT molecular complexity index is 381. The summed E-state index contributed by atoms with van der Waals surface area (Å²) in [5.74, 6) is 0.103. The summed E-state index contributed by atoms with van der Waals surface area (Å²) in [6.07, 6.45) is 5.79. The topological polar surface area (TPSA) is 80.9 Å². The van der Waals surface area contributed by atoms with E-state index in [4.69, 9.17) is 17.3 Å². The van der Waals surface area contributed by atoms with Crippen LogP contribution in [0.25, 0.3) is 0 Å². The van der Waals surface area contributed by atoms with Gasteiger partial charge < -0.3 is 11.1 Å². The highest BCUT2D eigenvalue weighted by molar-refractivity contribution is 6.30. The first-order chi connectivity index (χ1) is 7.66. The largest absolute Gasteiger partial charge is 0.369 e. The summed E-state index contributed by atoms with van der Waals surface area (Å²) in [6, 6.07) is 0.0404. The van der Waals surface area contributed by atoms with Crippen molar-refractivity contribution in [3.05, 3.63) is 17.4 Å². The van der Waals surface area contributed by atoms with E-state index < -0.39 is 0 Å². The Morgan fingerprint density at radius 3 is 2.75 bits per heavy atom. The van der Waals surface area contributed by atoms with Gasteiger partial charge in [-0.05, 0) is 12.8 Å². The van der Waals surface area contributed by atoms with E-state index in [-0.39, 0.29) is 17.9 Å². The van der Waals surface area contributed by atoms with Crippen LogP contribution in [0.3, 0.4) is 0 Å². The van der Waals surface area contributed by atoms with Crippen LogP contribution in [-0.4, -0.2) is 21.9 Å². The summed E-state index contributed by atoms with van der Waals surface area (Å²) in [4.78, 5) is 19.2. The van der Waals surface area contributed by atoms with E-state index in [9.17, 15) is 4.79 Å². The number of carbonyl (C=O) groups excluding carboxylic acids is 1. The van der Waals surface area contributed by atoms with Gasteiger partial charge in [-0.2, -0.15) is 0 Å². The minimum atomic E-state index is -0.260. The van der Waals surface area contributed by atoms with Crippen LogP contribution < -0.4 is 11.1 Å². The highest BCUT2D eigenvalue weighted by Gasteiger charge is 2.31. The number of hydrogen-bond donors (Lipinski definition) is 2. The van der Waals surface area contributed by atoms with E-state index in [1.54, 1.807) is 0 Å². The maximum atomic E-state index is 11.2. The zero-order valence-electron chi connectivity index (χ0n) is 8.69. The molecule has 1 aromatic heterocycles. The van der Waals surface area contributed by atoms with Gasteiger partial charge in [0.05, 0.1) is 23.3 Å². The number of halogens is 1. The van der Waals surface area contributed by atoms with E-state index >= 15 is 0 Å². The lowest BCUT2D eigenvalue weighted by atomic mass is 10.0. The number of primary amides is 1. The molecule has 2 rings (SSSR count). The van der Waals surface area contributed by atoms with Crippen molar-refractivity contribution in [1.29, 1.82) is 0 Å². The van der Waals surface area contributed by atoms with Crippen LogP contribution in [0.5, 0.6) is 0 Å². The van der Waals surface area contributed by atoms with Crippen LogP contribution in [-0.2, 0) is 4.79 Å². The molecule has 0 aliphatic heterocycles. The van der Waals surface area contributed by atoms with Gasteiger partial charge in [-0.15, -0.1) is 0 Å². The van der Waals surface area contributed by atoms with Crippen molar-refractivity contribution >= 4 is 23.5 Å². The average Bonchev–Trinajstić information content (AvgIpc) is 2.69. The van der Waals surface area contributed by atoms with E-state index in [1.807, 2.05) is 0 Å². The Kier molecular flexibility index (Phi) is 3.24. The van der Waals surface area contributed by atoms with Crippen molar-refractivity contribution < 1.29 is 4.79 Å². The third-order valence-electron chi connectivity index (χ3n) is 2.82. The van der Waals surface area contributed by atoms with Gasteiger partial charge in [0.15, 0.2) is 0 Å². The van der Waals surface area contributed by atoms with Gasteiger partial charge in [0, 0.05) is 6.04 Å². The summed E-state index contributed by atoms with van der Waals surface area (Å²) in [5, 5.41) is 3.61. The maximum Gasteiger partial charge on any atom is 0.222 e. The predicted molar refractivity (Wildman–Crippen MR) is 61.0 cm³/mol. The standard InChI is InChI=1S/C10H13ClN4O/c11-6-4-13-10(14-5-6)15-8-3-1-2-7(8)9(12)16/h4-5,7-8H,1-3H2,(H2,12,16)(H,13,14,15)/t7-,8-/m1/s1. The normalized spacial score (nSPS) is 24.3. The molecule has 16 heavy (non-hydrogen) atoms. The number of nitrogens with one attached hydrogen (secondary N) is 1. The maximum absolute atomic E-state index is 11.2. The summed E-state index contributed by atoms with van der Waals surface area (Å²) in [5.41, 5.74) is 5.33. The monoisotopic (exact) mass is 240 g/mol. The lowest BCUT2D eigenvalue weighted by Gasteiger charge is -2.17. The number of rotatable bonds is 3. The van der Waals surface area contributed by atoms with Crippen LogP contribution in [0.1, 0.15) is 19.3 Å². The van der Waals surface area contributed by atoms with E-state index in [1.165, 1.54) is 12.4 Å². The molecule has 0 spiro atoms. The Hall–Kier alpha value is -1.36. The molecule has 1 heterocycles. The second-order valence-corrected chi connectivity index (χ2v) is 4.35. The lowest BCUT2D eigenvalue weighted by Crippen LogP contribution is -2.34. The van der Waals surface area contributed by atoms with Crippen molar-refractivity contribution in [3.8, 4) is 0 Å². The van der Waals surface area contributed by atoms with Crippen LogP contribution in [0.4, 0.5) is 5.95 Å². The fourth-order valence-electron chi connectivity index (χ4n) is 2.03. The first-order valence-electron chi connectivity index (χ1n) is 5.20. The van der Waals surface area contributed by atoms with E-state index in [0.29, 0.717) is 11.0 Å². The van der Waals surface area contributed by atoms with Gasteiger partial charge in [0.1, 0.15) is 0 Å². The molecule has 86 valence electrons. The summed E-state index contributed by atoms with van der Waals surface area (Å²) >= 11 is 5.68. The number of aromatic nitrogens is 2. The molecule has 0 unspecified atom stereocenters. The zero-order chi connectivity index (χ0) is 11.5. The van der Waals surface area contributed by atoms with Gasteiger partial charge in [-0.1, -0.05) is 18.0 Å². The van der Waals surface area contributed by atoms with Crippen LogP contribution in [0.15, 0.2) is 12.4 Å². The lowest BCUT2D eigenvalue weighted by molar-refractivity contribution is -0.121. The van der Waals surface area contributed by atoms with Crippen LogP contribution >= 0.6 is 11.6 Å². The molecule has 1 amide bonds. The second-order valence-electron chi connectivity index (χ2n) is 3.92. The molecule has 0 saturated heterocycles. The quantitative estimate of drug-likeness (QED) is 0.832. The molecule has 1 aliphatic rings. The minimum Gasteiger partial charge on any atom is -0.369 e. The first kappa shape index (κ1) is 11.1. The van der Waals surface area contributed by atoms with Gasteiger partial charge >= 0.3 is 0 Å². The van der Waals surface area contributed by atoms with Crippen molar-refractivity contribution in [2.75, 3.05) is 5.32 Å². The number of carbonyl (C=O) groups is 1. The molecule has 2 atom stereocenters. The molecule has 1 aromatic rings. The fourth-order valence-corrected chi connectivity index (χ4v) is 2.12. The Morgan fingerprint density at radius 2 is 2.12 bits per heavy atom. The number of amides is 1. The highest BCUT2D eigenvalue weighted by Crippen LogP contribution is 2.27. The molecule has 1 saturated carbocycles. The Morgan fingerprint density at radius 1 is 1.44 bits per heavy atom. The Labute approximate surface area is 98.4 Å². The number of nitrogens with zero attached hydrogens (tertiary/aromatic N) is 2. The molecule has 1 aliphatic carbocycles. The number of hydrogen-bond acceptors (Lipinski definition) is 4. The van der Waals surface area contributed by atoms with Crippen LogP contribution in [0.2, 0.25) is 5.02 Å². The number of anilines is 1. The van der Waals surface area contributed by atoms with Gasteiger partial charge in [0.25, 0.3) is 0 Å². The molecule has 0 bridgehead atoms. The molecular weight excluding hydrogens is 228 g/mol. The SMILES string of the molecule is NC(=O)[C@@H]1CCC[C@H]1Nc1ncc(Cl)cn1. The summed E-state index contributed by atoms with van der Waals surface area (Å²) in [6.45, 7) is 0. The van der Waals surface area contributed by atoms with Gasteiger partial charge in [-0.25, -0.2) is 9.97 Å². The third-order valence-corrected chi connectivity index (χ3v) is 3.01. The highest BCUT2D eigenvalue weighted by atomic mass is 35.5. The molecular formula is C10H13ClN4O. The van der Waals surface area contributed by atoms with Crippen molar-refractivity contribution in [2.24, 2.45) is 11.7 Å². The van der Waals surface area contributed by atoms with Crippen molar-refractivity contribution in [2.45, 2.75) is 25.3 Å². The first-order valence-corrected chi connectivity index (χ1v) is 5.58. The summed E-state index contributed by atoms with van der Waals surface area (Å²) in [7, 11) is 0. The molecule has 3 N–H and O–H groups in total. The molecule has 6 heteroatoms. The third kappa shape index (κ3) is 2.41. The second kappa shape index (κ2) is 4.65. The Balaban J connectivity index is 2.03. The van der Waals surface area contributed by atoms with Gasteiger partial charge in [0.2, 0.25) is 11.9 Å². The molecule has 1 fully saturated rings. The molecule has 5 nitrogen and oxygen atoms in total. The van der Waals surface area contributed by atoms with Gasteiger partial charge in [-0.3, -0.25) is 4.79 Å². The van der Waals surface area contributed by atoms with Crippen molar-refractivity contribution in [1.82, 2.24) is 9.97 Å². The minimum absolute atomic E-state index is 0.0404. The van der Waals surface area contributed by atoms with E-state index in [2.05, 4.69) is 15.3 Å². The predicted octanol–water partition coefficient (Wildman–Crippen LogP) is 1.20. The zero-order valence-corrected chi connectivity index (χ0v) is 9.44. The number of nitrogens with two attached hydrogens (primary N) is 1. The van der Waals surface area contributed by atoms with Crippen molar-refractivity contribution in [3.63, 3.8) is 0 Å². The smallest absolute Gasteiger partial charge is 0.222 e. The molecule has 0 radical (unpaired) electrons. The summed E-state index contributed by atoms with van der Waals surface area (Å²) < 4.78 is 0. The molecule has 0 aromatic carbocycles.